The molecule has 1 fully saturated rings. The van der Waals surface area contributed by atoms with Crippen LogP contribution >= 0.6 is 0 Å². The summed E-state index contributed by atoms with van der Waals surface area (Å²) in [6, 6.07) is -0.805. The molecule has 11 nitrogen and oxygen atoms in total. The first kappa shape index (κ1) is 73.4. The summed E-state index contributed by atoms with van der Waals surface area (Å²) in [5.41, 5.74) is 0. The third-order valence-electron chi connectivity index (χ3n) is 16.2. The highest BCUT2D eigenvalue weighted by molar-refractivity contribution is 5.76. The van der Waals surface area contributed by atoms with Crippen molar-refractivity contribution in [3.63, 3.8) is 0 Å². The number of amides is 1. The number of carbonyl (C=O) groups excluding carboxylic acids is 2. The van der Waals surface area contributed by atoms with Crippen LogP contribution in [0.15, 0.2) is 12.2 Å². The molecule has 1 amide bonds. The van der Waals surface area contributed by atoms with E-state index in [1.165, 1.54) is 257 Å². The lowest BCUT2D eigenvalue weighted by molar-refractivity contribution is -0.302. The molecule has 11 heteroatoms. The van der Waals surface area contributed by atoms with E-state index in [9.17, 15) is 35.1 Å². The molecule has 6 N–H and O–H groups in total. The zero-order chi connectivity index (χ0) is 55.9. The van der Waals surface area contributed by atoms with Crippen molar-refractivity contribution in [2.75, 3.05) is 19.8 Å². The van der Waals surface area contributed by atoms with E-state index in [0.29, 0.717) is 19.4 Å². The molecule has 0 spiro atoms. The van der Waals surface area contributed by atoms with E-state index in [1.54, 1.807) is 6.08 Å². The summed E-state index contributed by atoms with van der Waals surface area (Å²) in [6.45, 7) is 4.36. The standard InChI is InChI=1S/C66H127NO10/c1-3-5-7-9-11-13-33-38-42-46-50-54-62(71)75-55-51-47-43-39-35-32-30-28-26-24-22-20-18-16-15-17-19-21-23-25-27-29-31-34-37-41-45-49-53-61(70)67-58(57-76-66-65(74)64(73)63(72)60(56-68)77-66)59(69)52-48-44-40-36-14-12-10-8-6-4-2/h48,52,58-60,63-66,68-69,72-74H,3-47,49-51,53-57H2,1-2H3,(H,67,70)/b52-48+. The number of aliphatic hydroxyl groups excluding tert-OH is 5. The van der Waals surface area contributed by atoms with Gasteiger partial charge in [-0.05, 0) is 32.1 Å². The highest BCUT2D eigenvalue weighted by Crippen LogP contribution is 2.23. The SMILES string of the molecule is CCCCCCCCCC/C=C/C(O)C(COC1OC(CO)C(O)C(O)C1O)NC(=O)CCCCCCCCCCCCCCCCCCCCCCCCCCCCCCOC(=O)CCCCCCCCCCCCC. The topological polar surface area (TPSA) is 175 Å². The molecule has 77 heavy (non-hydrogen) atoms. The minimum atomic E-state index is -1.57. The van der Waals surface area contributed by atoms with E-state index < -0.39 is 49.5 Å². The lowest BCUT2D eigenvalue weighted by Gasteiger charge is -2.40. The highest BCUT2D eigenvalue weighted by atomic mass is 16.7. The molecule has 0 aromatic carbocycles. The van der Waals surface area contributed by atoms with Crippen molar-refractivity contribution in [1.82, 2.24) is 5.32 Å². The molecule has 0 aliphatic carbocycles. The maximum Gasteiger partial charge on any atom is 0.305 e. The van der Waals surface area contributed by atoms with E-state index in [-0.39, 0.29) is 18.5 Å². The van der Waals surface area contributed by atoms with Crippen molar-refractivity contribution in [3.05, 3.63) is 12.2 Å². The van der Waals surface area contributed by atoms with Gasteiger partial charge in [0.25, 0.3) is 0 Å². The fourth-order valence-electron chi connectivity index (χ4n) is 10.8. The van der Waals surface area contributed by atoms with Gasteiger partial charge in [-0.2, -0.15) is 0 Å². The summed E-state index contributed by atoms with van der Waals surface area (Å²) >= 11 is 0. The van der Waals surface area contributed by atoms with Gasteiger partial charge in [-0.15, -0.1) is 0 Å². The number of hydrogen-bond donors (Lipinski definition) is 6. The first-order valence-corrected chi connectivity index (χ1v) is 33.5. The van der Waals surface area contributed by atoms with Gasteiger partial charge in [0.1, 0.15) is 24.4 Å². The average Bonchev–Trinajstić information content (AvgIpc) is 3.43. The van der Waals surface area contributed by atoms with Gasteiger partial charge >= 0.3 is 5.97 Å². The normalized spacial score (nSPS) is 18.6. The summed E-state index contributed by atoms with van der Waals surface area (Å²) < 4.78 is 16.7. The summed E-state index contributed by atoms with van der Waals surface area (Å²) in [5, 5.41) is 54.3. The predicted octanol–water partition coefficient (Wildman–Crippen LogP) is 16.3. The van der Waals surface area contributed by atoms with Gasteiger partial charge in [0.15, 0.2) is 6.29 Å². The number of esters is 1. The summed E-state index contributed by atoms with van der Waals surface area (Å²) in [6.07, 6.45) is 57.7. The molecule has 1 heterocycles. The minimum Gasteiger partial charge on any atom is -0.466 e. The molecular formula is C66H127NO10. The largest absolute Gasteiger partial charge is 0.466 e. The van der Waals surface area contributed by atoms with Crippen LogP contribution in [0.3, 0.4) is 0 Å². The number of aliphatic hydroxyl groups is 5. The van der Waals surface area contributed by atoms with Crippen molar-refractivity contribution >= 4 is 11.9 Å². The number of ether oxygens (including phenoxy) is 3. The second-order valence-electron chi connectivity index (χ2n) is 23.5. The maximum atomic E-state index is 13.0. The van der Waals surface area contributed by atoms with Crippen LogP contribution in [0.1, 0.15) is 335 Å². The zero-order valence-electron chi connectivity index (χ0n) is 50.5. The summed E-state index contributed by atoms with van der Waals surface area (Å²) in [5.74, 6) is -0.168. The summed E-state index contributed by atoms with van der Waals surface area (Å²) in [4.78, 5) is 25.0. The molecule has 1 rings (SSSR count). The predicted molar refractivity (Wildman–Crippen MR) is 320 cm³/mol. The zero-order valence-corrected chi connectivity index (χ0v) is 50.5. The van der Waals surface area contributed by atoms with Crippen LogP contribution < -0.4 is 5.32 Å². The van der Waals surface area contributed by atoms with Crippen LogP contribution in [-0.2, 0) is 23.8 Å². The minimum absolute atomic E-state index is 0.00992. The van der Waals surface area contributed by atoms with Crippen molar-refractivity contribution < 1.29 is 49.3 Å². The quantitative estimate of drug-likeness (QED) is 0.0195. The second kappa shape index (κ2) is 56.3. The second-order valence-corrected chi connectivity index (χ2v) is 23.5. The Morgan fingerprint density at radius 2 is 0.818 bits per heavy atom. The van der Waals surface area contributed by atoms with Gasteiger partial charge in [0.05, 0.1) is 32.0 Å². The van der Waals surface area contributed by atoms with Crippen molar-refractivity contribution in [3.8, 4) is 0 Å². The third-order valence-corrected chi connectivity index (χ3v) is 16.2. The molecule has 0 aromatic heterocycles. The first-order valence-electron chi connectivity index (χ1n) is 33.5. The van der Waals surface area contributed by atoms with E-state index in [4.69, 9.17) is 14.2 Å². The molecule has 1 saturated heterocycles. The fourth-order valence-corrected chi connectivity index (χ4v) is 10.8. The fraction of sp³-hybridized carbons (Fsp3) is 0.939. The number of unbranched alkanes of at least 4 members (excludes halogenated alkanes) is 45. The van der Waals surface area contributed by atoms with Crippen LogP contribution in [0.25, 0.3) is 0 Å². The smallest absolute Gasteiger partial charge is 0.305 e. The van der Waals surface area contributed by atoms with E-state index in [2.05, 4.69) is 19.2 Å². The Morgan fingerprint density at radius 1 is 0.468 bits per heavy atom. The van der Waals surface area contributed by atoms with Crippen LogP contribution in [-0.4, -0.2) is 100 Å². The Bertz CT molecular complexity index is 1280. The lowest BCUT2D eigenvalue weighted by Crippen LogP contribution is -2.60. The summed E-state index contributed by atoms with van der Waals surface area (Å²) in [7, 11) is 0. The van der Waals surface area contributed by atoms with E-state index in [0.717, 1.165) is 51.4 Å². The van der Waals surface area contributed by atoms with E-state index >= 15 is 0 Å². The van der Waals surface area contributed by atoms with Gasteiger partial charge in [-0.1, -0.05) is 302 Å². The molecule has 0 aromatic rings. The highest BCUT2D eigenvalue weighted by Gasteiger charge is 2.44. The lowest BCUT2D eigenvalue weighted by atomic mass is 9.99. The number of nitrogens with one attached hydrogen (secondary N) is 1. The van der Waals surface area contributed by atoms with Gasteiger partial charge in [-0.25, -0.2) is 0 Å². The number of hydrogen-bond acceptors (Lipinski definition) is 10. The van der Waals surface area contributed by atoms with Crippen molar-refractivity contribution in [2.45, 2.75) is 378 Å². The van der Waals surface area contributed by atoms with Crippen LogP contribution in [0.5, 0.6) is 0 Å². The Hall–Kier alpha value is -1.60. The molecular weight excluding hydrogens is 967 g/mol. The van der Waals surface area contributed by atoms with Crippen LogP contribution in [0.2, 0.25) is 0 Å². The Balaban J connectivity index is 1.94. The molecule has 0 saturated carbocycles. The number of rotatable bonds is 59. The third kappa shape index (κ3) is 45.7. The molecule has 1 aliphatic rings. The Morgan fingerprint density at radius 3 is 1.21 bits per heavy atom. The van der Waals surface area contributed by atoms with E-state index in [1.807, 2.05) is 6.08 Å². The molecule has 1 aliphatic heterocycles. The first-order chi connectivity index (χ1) is 37.7. The molecule has 0 radical (unpaired) electrons. The van der Waals surface area contributed by atoms with Crippen molar-refractivity contribution in [2.24, 2.45) is 0 Å². The molecule has 0 bridgehead atoms. The monoisotopic (exact) mass is 1090 g/mol. The Kier molecular flexibility index (Phi) is 53.6. The van der Waals surface area contributed by atoms with Gasteiger partial charge in [-0.3, -0.25) is 9.59 Å². The van der Waals surface area contributed by atoms with Gasteiger partial charge in [0.2, 0.25) is 5.91 Å². The average molecular weight is 1090 g/mol. The Labute approximate surface area is 474 Å². The number of carbonyl (C=O) groups is 2. The maximum absolute atomic E-state index is 13.0. The van der Waals surface area contributed by atoms with Crippen LogP contribution in [0, 0.1) is 0 Å². The molecule has 456 valence electrons. The van der Waals surface area contributed by atoms with Gasteiger partial charge in [0, 0.05) is 12.8 Å². The molecule has 7 atom stereocenters. The number of allylic oxidation sites excluding steroid dienone is 1. The van der Waals surface area contributed by atoms with Crippen LogP contribution in [0.4, 0.5) is 0 Å². The van der Waals surface area contributed by atoms with Crippen molar-refractivity contribution in [1.29, 1.82) is 0 Å². The van der Waals surface area contributed by atoms with Gasteiger partial charge < -0.3 is 45.1 Å². The molecule has 7 unspecified atom stereocenters.